The van der Waals surface area contributed by atoms with E-state index in [-0.39, 0.29) is 17.2 Å². The van der Waals surface area contributed by atoms with Crippen LogP contribution in [0.5, 0.6) is 0 Å². The molecule has 0 aliphatic rings. The zero-order chi connectivity index (χ0) is 19.6. The summed E-state index contributed by atoms with van der Waals surface area (Å²) in [5, 5.41) is 3.09. The highest BCUT2D eigenvalue weighted by molar-refractivity contribution is 7.92. The van der Waals surface area contributed by atoms with Crippen molar-refractivity contribution < 1.29 is 31.1 Å². The van der Waals surface area contributed by atoms with Crippen molar-refractivity contribution in [2.24, 2.45) is 7.05 Å². The van der Waals surface area contributed by atoms with E-state index in [1.54, 1.807) is 0 Å². The minimum Gasteiger partial charge on any atom is -0.462 e. The standard InChI is InChI=1S/C14H13ClF3N3O4S/c1-3-25-14(22)7-4-11(9(16)5-8(7)15)26(23,24)20-10-6-21(2)19-12(10)13(17)18/h4-6,13,20H,3H2,1-2H3. The number of benzene rings is 1. The van der Waals surface area contributed by atoms with Crippen molar-refractivity contribution in [2.75, 3.05) is 11.3 Å². The van der Waals surface area contributed by atoms with Gasteiger partial charge in [0.25, 0.3) is 16.4 Å². The Kier molecular flexibility index (Phi) is 5.81. The largest absolute Gasteiger partial charge is 0.462 e. The molecule has 0 bridgehead atoms. The van der Waals surface area contributed by atoms with E-state index in [9.17, 15) is 26.4 Å². The zero-order valence-corrected chi connectivity index (χ0v) is 15.0. The van der Waals surface area contributed by atoms with E-state index in [2.05, 4.69) is 5.10 Å². The van der Waals surface area contributed by atoms with Crippen LogP contribution in [0.3, 0.4) is 0 Å². The van der Waals surface area contributed by atoms with E-state index < -0.39 is 44.5 Å². The topological polar surface area (TPSA) is 90.3 Å². The second-order valence-corrected chi connectivity index (χ2v) is 7.05. The number of ether oxygens (including phenoxy) is 1. The van der Waals surface area contributed by atoms with Gasteiger partial charge in [0.1, 0.15) is 10.7 Å². The number of alkyl halides is 2. The molecule has 2 rings (SSSR count). The number of carbonyl (C=O) groups excluding carboxylic acids is 1. The van der Waals surface area contributed by atoms with E-state index >= 15 is 0 Å². The Bertz CT molecular complexity index is 947. The van der Waals surface area contributed by atoms with Crippen LogP contribution in [0, 0.1) is 5.82 Å². The van der Waals surface area contributed by atoms with Gasteiger partial charge in [-0.3, -0.25) is 9.40 Å². The number of anilines is 1. The summed E-state index contributed by atoms with van der Waals surface area (Å²) in [6, 6.07) is 1.30. The predicted octanol–water partition coefficient (Wildman–Crippen LogP) is 3.13. The van der Waals surface area contributed by atoms with Gasteiger partial charge in [-0.15, -0.1) is 0 Å². The minimum absolute atomic E-state index is 0.0136. The number of sulfonamides is 1. The quantitative estimate of drug-likeness (QED) is 0.737. The molecule has 1 heterocycles. The fourth-order valence-corrected chi connectivity index (χ4v) is 3.42. The van der Waals surface area contributed by atoms with E-state index in [4.69, 9.17) is 16.3 Å². The molecule has 0 fully saturated rings. The van der Waals surface area contributed by atoms with Crippen molar-refractivity contribution in [3.8, 4) is 0 Å². The van der Waals surface area contributed by atoms with Gasteiger partial charge in [0.2, 0.25) is 0 Å². The number of nitrogens with zero attached hydrogens (tertiary/aromatic N) is 2. The second kappa shape index (κ2) is 7.54. The summed E-state index contributed by atoms with van der Waals surface area (Å²) >= 11 is 5.74. The fourth-order valence-electron chi connectivity index (χ4n) is 2.05. The van der Waals surface area contributed by atoms with Crippen molar-refractivity contribution in [1.82, 2.24) is 9.78 Å². The van der Waals surface area contributed by atoms with Crippen LogP contribution in [0.2, 0.25) is 5.02 Å². The van der Waals surface area contributed by atoms with Crippen LogP contribution in [0.15, 0.2) is 23.2 Å². The number of hydrogen-bond donors (Lipinski definition) is 1. The Morgan fingerprint density at radius 1 is 1.42 bits per heavy atom. The number of rotatable bonds is 6. The smallest absolute Gasteiger partial charge is 0.339 e. The van der Waals surface area contributed by atoms with Crippen LogP contribution in [-0.2, 0) is 21.8 Å². The first-order valence-electron chi connectivity index (χ1n) is 7.07. The molecule has 0 saturated heterocycles. The van der Waals surface area contributed by atoms with Gasteiger partial charge in [-0.2, -0.15) is 5.10 Å². The maximum atomic E-state index is 14.1. The highest BCUT2D eigenvalue weighted by Crippen LogP contribution is 2.30. The highest BCUT2D eigenvalue weighted by Gasteiger charge is 2.27. The monoisotopic (exact) mass is 411 g/mol. The number of aryl methyl sites for hydroxylation is 1. The van der Waals surface area contributed by atoms with Gasteiger partial charge in [-0.05, 0) is 19.1 Å². The Labute approximate surface area is 151 Å². The molecule has 0 atom stereocenters. The number of aromatic nitrogens is 2. The van der Waals surface area contributed by atoms with E-state index in [1.165, 1.54) is 14.0 Å². The third-order valence-corrected chi connectivity index (χ3v) is 4.81. The van der Waals surface area contributed by atoms with Gasteiger partial charge >= 0.3 is 5.97 Å². The molecule has 26 heavy (non-hydrogen) atoms. The SMILES string of the molecule is CCOC(=O)c1cc(S(=O)(=O)Nc2cn(C)nc2C(F)F)c(F)cc1Cl. The first-order chi connectivity index (χ1) is 12.1. The maximum absolute atomic E-state index is 14.1. The molecule has 0 aliphatic heterocycles. The lowest BCUT2D eigenvalue weighted by Crippen LogP contribution is -2.17. The first kappa shape index (κ1) is 20.0. The van der Waals surface area contributed by atoms with Crippen molar-refractivity contribution in [1.29, 1.82) is 0 Å². The molecule has 0 aliphatic carbocycles. The molecule has 0 spiro atoms. The van der Waals surface area contributed by atoms with Gasteiger partial charge in [0.05, 0.1) is 22.9 Å². The molecule has 0 amide bonds. The van der Waals surface area contributed by atoms with Crippen molar-refractivity contribution in [2.45, 2.75) is 18.2 Å². The third-order valence-electron chi connectivity index (χ3n) is 3.11. The average Bonchev–Trinajstić information content (AvgIpc) is 2.87. The van der Waals surface area contributed by atoms with Crippen LogP contribution in [-0.4, -0.2) is 30.8 Å². The Morgan fingerprint density at radius 2 is 2.08 bits per heavy atom. The van der Waals surface area contributed by atoms with Crippen LogP contribution >= 0.6 is 11.6 Å². The summed E-state index contributed by atoms with van der Waals surface area (Å²) in [5.41, 5.74) is -1.72. The molecule has 0 radical (unpaired) electrons. The van der Waals surface area contributed by atoms with Gasteiger partial charge in [-0.1, -0.05) is 11.6 Å². The van der Waals surface area contributed by atoms with Gasteiger partial charge < -0.3 is 4.74 Å². The van der Waals surface area contributed by atoms with Crippen LogP contribution in [0.4, 0.5) is 18.9 Å². The molecular formula is C14H13ClF3N3O4S. The van der Waals surface area contributed by atoms with Crippen LogP contribution in [0.1, 0.15) is 29.4 Å². The average molecular weight is 412 g/mol. The van der Waals surface area contributed by atoms with Gasteiger partial charge in [0, 0.05) is 13.2 Å². The number of halogens is 4. The molecular weight excluding hydrogens is 399 g/mol. The number of esters is 1. The summed E-state index contributed by atoms with van der Waals surface area (Å²) in [5.74, 6) is -2.22. The molecule has 7 nitrogen and oxygen atoms in total. The lowest BCUT2D eigenvalue weighted by molar-refractivity contribution is 0.0526. The Balaban J connectivity index is 2.49. The summed E-state index contributed by atoms with van der Waals surface area (Å²) in [7, 11) is -3.34. The molecule has 1 aromatic heterocycles. The normalized spacial score (nSPS) is 11.7. The molecule has 2 aromatic rings. The Morgan fingerprint density at radius 3 is 2.65 bits per heavy atom. The maximum Gasteiger partial charge on any atom is 0.339 e. The molecule has 12 heteroatoms. The fraction of sp³-hybridized carbons (Fsp3) is 0.286. The molecule has 0 saturated carbocycles. The van der Waals surface area contributed by atoms with Gasteiger partial charge in [0.15, 0.2) is 5.69 Å². The molecule has 0 unspecified atom stereocenters. The first-order valence-corrected chi connectivity index (χ1v) is 8.93. The molecule has 1 N–H and O–H groups in total. The Hall–Kier alpha value is -2.27. The van der Waals surface area contributed by atoms with Gasteiger partial charge in [-0.25, -0.2) is 26.4 Å². The lowest BCUT2D eigenvalue weighted by Gasteiger charge is -2.11. The molecule has 142 valence electrons. The zero-order valence-electron chi connectivity index (χ0n) is 13.5. The van der Waals surface area contributed by atoms with E-state index in [0.717, 1.165) is 10.9 Å². The third kappa shape index (κ3) is 4.10. The summed E-state index contributed by atoms with van der Waals surface area (Å²) in [4.78, 5) is 10.9. The second-order valence-electron chi connectivity index (χ2n) is 4.99. The summed E-state index contributed by atoms with van der Waals surface area (Å²) in [6.07, 6.45) is -2.06. The van der Waals surface area contributed by atoms with E-state index in [0.29, 0.717) is 12.1 Å². The van der Waals surface area contributed by atoms with Crippen LogP contribution in [0.25, 0.3) is 0 Å². The van der Waals surface area contributed by atoms with E-state index in [1.807, 2.05) is 4.72 Å². The number of nitrogens with one attached hydrogen (secondary N) is 1. The number of carbonyl (C=O) groups is 1. The highest BCUT2D eigenvalue weighted by atomic mass is 35.5. The van der Waals surface area contributed by atoms with Crippen LogP contribution < -0.4 is 4.72 Å². The number of hydrogen-bond acceptors (Lipinski definition) is 5. The lowest BCUT2D eigenvalue weighted by atomic mass is 10.2. The van der Waals surface area contributed by atoms with Crippen molar-refractivity contribution >= 4 is 33.3 Å². The predicted molar refractivity (Wildman–Crippen MR) is 86.3 cm³/mol. The minimum atomic E-state index is -4.65. The van der Waals surface area contributed by atoms with Crippen molar-refractivity contribution in [3.05, 3.63) is 40.4 Å². The summed E-state index contributed by atoms with van der Waals surface area (Å²) < 4.78 is 72.4. The molecule has 1 aromatic carbocycles. The van der Waals surface area contributed by atoms with Crippen molar-refractivity contribution in [3.63, 3.8) is 0 Å². The summed E-state index contributed by atoms with van der Waals surface area (Å²) in [6.45, 7) is 1.50.